The van der Waals surface area contributed by atoms with Gasteiger partial charge in [0, 0.05) is 67.0 Å². The normalized spacial score (nSPS) is 36.8. The zero-order valence-corrected chi connectivity index (χ0v) is 25.3. The van der Waals surface area contributed by atoms with Crippen LogP contribution in [0.4, 0.5) is 0 Å². The molecule has 234 valence electrons. The molecule has 4 rings (SSSR count). The van der Waals surface area contributed by atoms with Gasteiger partial charge >= 0.3 is 11.9 Å². The number of cyclic esters (lactones) is 1. The van der Waals surface area contributed by atoms with Gasteiger partial charge in [-0.3, -0.25) is 14.4 Å². The number of amides is 1. The Morgan fingerprint density at radius 2 is 1.61 bits per heavy atom. The van der Waals surface area contributed by atoms with Gasteiger partial charge in [-0.1, -0.05) is 0 Å². The Balaban J connectivity index is 1.42. The molecule has 11 nitrogen and oxygen atoms in total. The standard InChI is InChI=1S/C30H51N3O8/c1-31-21-22(8-9-27(31)34)30(36)41-24-7-4-17-39-26-20-23(19-25(37-2)28(26)38-3)29(35)40-18-6-13-32-11-5-12-33(14-10-24)16-15-32/h22-26,28H,4-21H2,1-3H3. The van der Waals surface area contributed by atoms with Crippen LogP contribution in [0.25, 0.3) is 0 Å². The number of likely N-dealkylation sites (tertiary alicyclic amines) is 1. The molecule has 4 fully saturated rings. The van der Waals surface area contributed by atoms with Gasteiger partial charge in [0.2, 0.25) is 5.91 Å². The van der Waals surface area contributed by atoms with E-state index in [9.17, 15) is 14.4 Å². The monoisotopic (exact) mass is 581 g/mol. The van der Waals surface area contributed by atoms with E-state index in [1.165, 1.54) is 0 Å². The number of piperidine rings is 1. The zero-order chi connectivity index (χ0) is 29.2. The lowest BCUT2D eigenvalue weighted by atomic mass is 9.83. The van der Waals surface area contributed by atoms with Gasteiger partial charge in [-0.05, 0) is 64.5 Å². The van der Waals surface area contributed by atoms with Crippen molar-refractivity contribution >= 4 is 17.8 Å². The van der Waals surface area contributed by atoms with Crippen molar-refractivity contribution in [2.24, 2.45) is 11.8 Å². The van der Waals surface area contributed by atoms with Crippen LogP contribution in [-0.4, -0.2) is 137 Å². The highest BCUT2D eigenvalue weighted by atomic mass is 16.6. The molecule has 0 aromatic carbocycles. The van der Waals surface area contributed by atoms with Crippen LogP contribution in [0, 0.1) is 11.8 Å². The first-order valence-electron chi connectivity index (χ1n) is 15.6. The van der Waals surface area contributed by atoms with Crippen molar-refractivity contribution in [3.8, 4) is 0 Å². The van der Waals surface area contributed by atoms with Gasteiger partial charge in [0.15, 0.2) is 0 Å². The molecule has 1 saturated carbocycles. The van der Waals surface area contributed by atoms with Gasteiger partial charge in [0.25, 0.3) is 0 Å². The number of rotatable bonds is 4. The molecule has 1 aliphatic carbocycles. The van der Waals surface area contributed by atoms with E-state index >= 15 is 0 Å². The van der Waals surface area contributed by atoms with E-state index in [1.54, 1.807) is 26.2 Å². The molecule has 0 aromatic heterocycles. The van der Waals surface area contributed by atoms with Crippen LogP contribution in [-0.2, 0) is 38.1 Å². The summed E-state index contributed by atoms with van der Waals surface area (Å²) >= 11 is 0. The number of ether oxygens (including phenoxy) is 5. The molecule has 3 heterocycles. The van der Waals surface area contributed by atoms with Crippen LogP contribution >= 0.6 is 0 Å². The second-order valence-electron chi connectivity index (χ2n) is 12.1. The van der Waals surface area contributed by atoms with Crippen molar-refractivity contribution in [3.63, 3.8) is 0 Å². The fourth-order valence-corrected chi connectivity index (χ4v) is 6.70. The lowest BCUT2D eigenvalue weighted by molar-refractivity contribution is -0.172. The molecule has 4 aliphatic rings. The van der Waals surface area contributed by atoms with E-state index in [2.05, 4.69) is 9.80 Å². The summed E-state index contributed by atoms with van der Waals surface area (Å²) in [5.41, 5.74) is 0. The van der Waals surface area contributed by atoms with Gasteiger partial charge in [-0.25, -0.2) is 0 Å². The first kappa shape index (κ1) is 32.1. The van der Waals surface area contributed by atoms with E-state index in [1.807, 2.05) is 0 Å². The summed E-state index contributed by atoms with van der Waals surface area (Å²) in [7, 11) is 5.04. The maximum atomic E-state index is 13.1. The number of carbonyl (C=O) groups is 3. The van der Waals surface area contributed by atoms with Gasteiger partial charge in [0.1, 0.15) is 12.2 Å². The molecule has 4 bridgehead atoms. The van der Waals surface area contributed by atoms with Crippen LogP contribution in [0.2, 0.25) is 0 Å². The number of esters is 2. The Bertz CT molecular complexity index is 860. The number of carbonyl (C=O) groups excluding carboxylic acids is 3. The maximum Gasteiger partial charge on any atom is 0.311 e. The van der Waals surface area contributed by atoms with Crippen LogP contribution < -0.4 is 0 Å². The van der Waals surface area contributed by atoms with Crippen molar-refractivity contribution in [2.75, 3.05) is 80.3 Å². The first-order chi connectivity index (χ1) is 19.9. The van der Waals surface area contributed by atoms with E-state index in [0.29, 0.717) is 58.3 Å². The molecular weight excluding hydrogens is 530 g/mol. The van der Waals surface area contributed by atoms with Crippen LogP contribution in [0.15, 0.2) is 0 Å². The number of fused-ring (bicyclic) bond motifs is 5. The second-order valence-corrected chi connectivity index (χ2v) is 12.1. The molecule has 3 saturated heterocycles. The van der Waals surface area contributed by atoms with E-state index in [0.717, 1.165) is 58.5 Å². The highest BCUT2D eigenvalue weighted by Crippen LogP contribution is 2.32. The summed E-state index contributed by atoms with van der Waals surface area (Å²) in [5, 5.41) is 0. The van der Waals surface area contributed by atoms with Crippen molar-refractivity contribution < 1.29 is 38.1 Å². The second kappa shape index (κ2) is 16.2. The Morgan fingerprint density at radius 1 is 0.854 bits per heavy atom. The predicted octanol–water partition coefficient (Wildman–Crippen LogP) is 1.72. The topological polar surface area (TPSA) is 107 Å². The summed E-state index contributed by atoms with van der Waals surface area (Å²) < 4.78 is 29.6. The highest BCUT2D eigenvalue weighted by molar-refractivity contribution is 5.81. The molecule has 41 heavy (non-hydrogen) atoms. The van der Waals surface area contributed by atoms with Gasteiger partial charge in [-0.2, -0.15) is 0 Å². The fourth-order valence-electron chi connectivity index (χ4n) is 6.70. The van der Waals surface area contributed by atoms with E-state index in [-0.39, 0.29) is 54.1 Å². The number of methoxy groups -OCH3 is 2. The van der Waals surface area contributed by atoms with Crippen molar-refractivity contribution in [2.45, 2.75) is 82.2 Å². The third-order valence-electron chi connectivity index (χ3n) is 9.23. The molecular formula is C30H51N3O8. The lowest BCUT2D eigenvalue weighted by Gasteiger charge is -2.39. The molecule has 0 radical (unpaired) electrons. The zero-order valence-electron chi connectivity index (χ0n) is 25.3. The summed E-state index contributed by atoms with van der Waals surface area (Å²) in [6.45, 7) is 7.09. The highest BCUT2D eigenvalue weighted by Gasteiger charge is 2.42. The quantitative estimate of drug-likeness (QED) is 0.456. The Morgan fingerprint density at radius 3 is 2.34 bits per heavy atom. The Hall–Kier alpha value is -1.79. The smallest absolute Gasteiger partial charge is 0.311 e. The molecule has 3 aliphatic heterocycles. The summed E-state index contributed by atoms with van der Waals surface area (Å²) in [5.74, 6) is -0.870. The summed E-state index contributed by atoms with van der Waals surface area (Å²) in [6, 6.07) is 0. The third kappa shape index (κ3) is 9.35. The number of hydrogen-bond acceptors (Lipinski definition) is 10. The molecule has 8 atom stereocenters. The van der Waals surface area contributed by atoms with E-state index < -0.39 is 0 Å². The minimum Gasteiger partial charge on any atom is -0.465 e. The number of nitrogens with zero attached hydrogens (tertiary/aromatic N) is 3. The minimum absolute atomic E-state index is 0.0802. The van der Waals surface area contributed by atoms with Gasteiger partial charge in [-0.15, -0.1) is 0 Å². The number of hydrogen-bond donors (Lipinski definition) is 0. The molecule has 8 unspecified atom stereocenters. The summed E-state index contributed by atoms with van der Waals surface area (Å²) in [4.78, 5) is 44.6. The fraction of sp³-hybridized carbons (Fsp3) is 0.900. The Kier molecular flexibility index (Phi) is 12.7. The summed E-state index contributed by atoms with van der Waals surface area (Å²) in [6.07, 6.45) is 5.08. The van der Waals surface area contributed by atoms with Gasteiger partial charge < -0.3 is 38.4 Å². The largest absolute Gasteiger partial charge is 0.465 e. The van der Waals surface area contributed by atoms with Crippen LogP contribution in [0.5, 0.6) is 0 Å². The van der Waals surface area contributed by atoms with Gasteiger partial charge in [0.05, 0.1) is 30.7 Å². The van der Waals surface area contributed by atoms with Crippen LogP contribution in [0.1, 0.15) is 57.8 Å². The molecule has 0 spiro atoms. The molecule has 0 aromatic rings. The van der Waals surface area contributed by atoms with Crippen LogP contribution in [0.3, 0.4) is 0 Å². The maximum absolute atomic E-state index is 13.1. The lowest BCUT2D eigenvalue weighted by Crippen LogP contribution is -2.49. The predicted molar refractivity (Wildman–Crippen MR) is 151 cm³/mol. The van der Waals surface area contributed by atoms with Crippen molar-refractivity contribution in [1.82, 2.24) is 14.7 Å². The van der Waals surface area contributed by atoms with Crippen molar-refractivity contribution in [1.29, 1.82) is 0 Å². The SMILES string of the molecule is COC1CC2CC(OCCCC(OC(=O)C3CCC(=O)N(C)C3)CCN3CCCN(CCCOC2=O)CC3)C1OC. The van der Waals surface area contributed by atoms with Crippen molar-refractivity contribution in [3.05, 3.63) is 0 Å². The molecule has 0 N–H and O–H groups in total. The minimum atomic E-state index is -0.292. The average Bonchev–Trinajstić information content (AvgIpc) is 3.21. The van der Waals surface area contributed by atoms with E-state index in [4.69, 9.17) is 23.7 Å². The average molecular weight is 582 g/mol. The molecule has 1 amide bonds. The third-order valence-corrected chi connectivity index (χ3v) is 9.23. The molecule has 11 heteroatoms. The Labute approximate surface area is 245 Å². The first-order valence-corrected chi connectivity index (χ1v) is 15.6.